The van der Waals surface area contributed by atoms with Gasteiger partial charge in [-0.25, -0.2) is 4.79 Å². The van der Waals surface area contributed by atoms with Crippen LogP contribution in [0.1, 0.15) is 28.8 Å². The topological polar surface area (TPSA) is 61.9 Å². The smallest absolute Gasteiger partial charge is 0.322 e. The SMILES string of the molecule is Cc1ccsc1CN(Cc1ccccc1)C(=O)CN(CC1CCCO1)C(=O)Nc1ccc(Br)cc1. The standard InChI is InChI=1S/C27H30BrN3O3S/c1-20-13-15-35-25(20)18-30(16-21-6-3-2-4-7-21)26(32)19-31(17-24-8-5-14-34-24)27(33)29-23-11-9-22(28)10-12-23/h2-4,6-7,9-13,15,24H,5,8,14,16-19H2,1H3,(H,29,33). The highest BCUT2D eigenvalue weighted by Gasteiger charge is 2.27. The van der Waals surface area contributed by atoms with E-state index < -0.39 is 0 Å². The Morgan fingerprint density at radius 3 is 2.49 bits per heavy atom. The Kier molecular flexibility index (Phi) is 8.95. The molecule has 2 heterocycles. The van der Waals surface area contributed by atoms with Gasteiger partial charge in [0.25, 0.3) is 0 Å². The predicted molar refractivity (Wildman–Crippen MR) is 143 cm³/mol. The molecule has 184 valence electrons. The molecule has 1 aliphatic heterocycles. The number of carbonyl (C=O) groups excluding carboxylic acids is 2. The average molecular weight is 557 g/mol. The molecule has 0 aliphatic carbocycles. The number of halogens is 1. The van der Waals surface area contributed by atoms with Gasteiger partial charge in [-0.3, -0.25) is 4.79 Å². The summed E-state index contributed by atoms with van der Waals surface area (Å²) in [6.45, 7) is 4.12. The average Bonchev–Trinajstić information content (AvgIpc) is 3.52. The molecule has 8 heteroatoms. The third-order valence-electron chi connectivity index (χ3n) is 6.03. The summed E-state index contributed by atoms with van der Waals surface area (Å²) in [4.78, 5) is 31.5. The van der Waals surface area contributed by atoms with Crippen LogP contribution in [0.4, 0.5) is 10.5 Å². The van der Waals surface area contributed by atoms with Gasteiger partial charge in [0.05, 0.1) is 12.6 Å². The van der Waals surface area contributed by atoms with Crippen molar-refractivity contribution in [1.29, 1.82) is 0 Å². The summed E-state index contributed by atoms with van der Waals surface area (Å²) in [6, 6.07) is 19.1. The maximum Gasteiger partial charge on any atom is 0.322 e. The van der Waals surface area contributed by atoms with Gasteiger partial charge in [-0.05, 0) is 66.6 Å². The lowest BCUT2D eigenvalue weighted by molar-refractivity contribution is -0.133. The molecule has 2 aromatic carbocycles. The van der Waals surface area contributed by atoms with E-state index in [-0.39, 0.29) is 24.6 Å². The van der Waals surface area contributed by atoms with E-state index in [4.69, 9.17) is 4.74 Å². The molecule has 1 atom stereocenters. The molecule has 6 nitrogen and oxygen atoms in total. The molecular formula is C27H30BrN3O3S. The van der Waals surface area contributed by atoms with Crippen LogP contribution in [0.3, 0.4) is 0 Å². The van der Waals surface area contributed by atoms with Crippen molar-refractivity contribution in [3.8, 4) is 0 Å². The number of anilines is 1. The van der Waals surface area contributed by atoms with Crippen LogP contribution >= 0.6 is 27.3 Å². The third-order valence-corrected chi connectivity index (χ3v) is 7.56. The first-order valence-corrected chi connectivity index (χ1v) is 13.4. The maximum atomic E-state index is 13.6. The van der Waals surface area contributed by atoms with E-state index in [0.717, 1.165) is 27.8 Å². The summed E-state index contributed by atoms with van der Waals surface area (Å²) < 4.78 is 6.72. The minimum absolute atomic E-state index is 0.0144. The lowest BCUT2D eigenvalue weighted by Gasteiger charge is -2.29. The monoisotopic (exact) mass is 555 g/mol. The van der Waals surface area contributed by atoms with Crippen LogP contribution in [0.5, 0.6) is 0 Å². The van der Waals surface area contributed by atoms with Crippen molar-refractivity contribution in [3.63, 3.8) is 0 Å². The second-order valence-electron chi connectivity index (χ2n) is 8.71. The number of nitrogens with zero attached hydrogens (tertiary/aromatic N) is 2. The Morgan fingerprint density at radius 2 is 1.83 bits per heavy atom. The second kappa shape index (κ2) is 12.3. The van der Waals surface area contributed by atoms with Gasteiger partial charge >= 0.3 is 6.03 Å². The molecule has 3 aromatic rings. The van der Waals surface area contributed by atoms with Crippen molar-refractivity contribution in [3.05, 3.63) is 86.5 Å². The van der Waals surface area contributed by atoms with Gasteiger partial charge in [0.15, 0.2) is 0 Å². The molecule has 1 aliphatic rings. The number of amides is 3. The molecule has 1 saturated heterocycles. The number of benzene rings is 2. The Balaban J connectivity index is 1.51. The largest absolute Gasteiger partial charge is 0.376 e. The highest BCUT2D eigenvalue weighted by atomic mass is 79.9. The van der Waals surface area contributed by atoms with Crippen molar-refractivity contribution in [1.82, 2.24) is 9.80 Å². The summed E-state index contributed by atoms with van der Waals surface area (Å²) in [5.41, 5.74) is 2.91. The number of thiophene rings is 1. The van der Waals surface area contributed by atoms with Gasteiger partial charge in [-0.15, -0.1) is 11.3 Å². The van der Waals surface area contributed by atoms with E-state index in [0.29, 0.717) is 31.9 Å². The Labute approximate surface area is 219 Å². The molecule has 0 radical (unpaired) electrons. The molecule has 35 heavy (non-hydrogen) atoms. The van der Waals surface area contributed by atoms with E-state index >= 15 is 0 Å². The van der Waals surface area contributed by atoms with Crippen LogP contribution in [0.25, 0.3) is 0 Å². The van der Waals surface area contributed by atoms with Crippen LogP contribution in [-0.4, -0.2) is 47.5 Å². The zero-order valence-corrected chi connectivity index (χ0v) is 22.2. The van der Waals surface area contributed by atoms with Gasteiger partial charge in [0.2, 0.25) is 5.91 Å². The number of aryl methyl sites for hydroxylation is 1. The molecule has 1 fully saturated rings. The lowest BCUT2D eigenvalue weighted by atomic mass is 10.2. The summed E-state index contributed by atoms with van der Waals surface area (Å²) in [5.74, 6) is -0.0920. The fraction of sp³-hybridized carbons (Fsp3) is 0.333. The normalized spacial score (nSPS) is 15.1. The first-order valence-electron chi connectivity index (χ1n) is 11.8. The van der Waals surface area contributed by atoms with E-state index in [1.807, 2.05) is 64.9 Å². The van der Waals surface area contributed by atoms with Crippen molar-refractivity contribution in [2.75, 3.05) is 25.0 Å². The van der Waals surface area contributed by atoms with E-state index in [1.165, 1.54) is 5.56 Å². The summed E-state index contributed by atoms with van der Waals surface area (Å²) in [7, 11) is 0. The van der Waals surface area contributed by atoms with Crippen LogP contribution in [-0.2, 0) is 22.6 Å². The molecule has 3 amide bonds. The highest BCUT2D eigenvalue weighted by Crippen LogP contribution is 2.21. The maximum absolute atomic E-state index is 13.6. The van der Waals surface area contributed by atoms with Gasteiger partial charge < -0.3 is 19.9 Å². The van der Waals surface area contributed by atoms with Crippen LogP contribution in [0.15, 0.2) is 70.5 Å². The second-order valence-corrected chi connectivity index (χ2v) is 10.6. The zero-order valence-electron chi connectivity index (χ0n) is 19.8. The third kappa shape index (κ3) is 7.40. The molecule has 4 rings (SSSR count). The minimum atomic E-state index is -0.303. The molecule has 0 saturated carbocycles. The molecule has 1 aromatic heterocycles. The van der Waals surface area contributed by atoms with E-state index in [9.17, 15) is 9.59 Å². The zero-order chi connectivity index (χ0) is 24.6. The van der Waals surface area contributed by atoms with Crippen LogP contribution in [0, 0.1) is 6.92 Å². The number of ether oxygens (including phenoxy) is 1. The summed E-state index contributed by atoms with van der Waals surface area (Å²) in [5, 5.41) is 4.98. The van der Waals surface area contributed by atoms with Crippen LogP contribution in [0.2, 0.25) is 0 Å². The lowest BCUT2D eigenvalue weighted by Crippen LogP contribution is -2.46. The highest BCUT2D eigenvalue weighted by molar-refractivity contribution is 9.10. The quantitative estimate of drug-likeness (QED) is 0.349. The predicted octanol–water partition coefficient (Wildman–Crippen LogP) is 6.06. The van der Waals surface area contributed by atoms with E-state index in [1.54, 1.807) is 16.2 Å². The number of urea groups is 1. The van der Waals surface area contributed by atoms with Gasteiger partial charge in [0.1, 0.15) is 6.54 Å². The van der Waals surface area contributed by atoms with Crippen molar-refractivity contribution < 1.29 is 14.3 Å². The number of rotatable bonds is 9. The summed E-state index contributed by atoms with van der Waals surface area (Å²) in [6.07, 6.45) is 1.80. The fourth-order valence-electron chi connectivity index (χ4n) is 4.03. The molecular weight excluding hydrogens is 526 g/mol. The minimum Gasteiger partial charge on any atom is -0.376 e. The molecule has 0 bridgehead atoms. The van der Waals surface area contributed by atoms with Crippen molar-refractivity contribution >= 4 is 44.9 Å². The van der Waals surface area contributed by atoms with Crippen LogP contribution < -0.4 is 5.32 Å². The number of hydrogen-bond acceptors (Lipinski definition) is 4. The fourth-order valence-corrected chi connectivity index (χ4v) is 5.21. The molecule has 0 spiro atoms. The first kappa shape index (κ1) is 25.4. The van der Waals surface area contributed by atoms with Crippen molar-refractivity contribution in [2.24, 2.45) is 0 Å². The molecule has 1 N–H and O–H groups in total. The Hall–Kier alpha value is -2.68. The van der Waals surface area contributed by atoms with Gasteiger partial charge in [-0.1, -0.05) is 46.3 Å². The summed E-state index contributed by atoms with van der Waals surface area (Å²) >= 11 is 5.06. The molecule has 1 unspecified atom stereocenters. The Bertz CT molecular complexity index is 1110. The first-order chi connectivity index (χ1) is 17.0. The number of hydrogen-bond donors (Lipinski definition) is 1. The van der Waals surface area contributed by atoms with Gasteiger partial charge in [-0.2, -0.15) is 0 Å². The van der Waals surface area contributed by atoms with Gasteiger partial charge in [0, 0.05) is 34.7 Å². The van der Waals surface area contributed by atoms with E-state index in [2.05, 4.69) is 34.2 Å². The number of carbonyl (C=O) groups is 2. The van der Waals surface area contributed by atoms with Crippen molar-refractivity contribution in [2.45, 2.75) is 39.0 Å². The number of nitrogens with one attached hydrogen (secondary N) is 1. The Morgan fingerprint density at radius 1 is 1.06 bits per heavy atom.